The van der Waals surface area contributed by atoms with Crippen molar-refractivity contribution in [2.45, 2.75) is 6.05 Å². The summed E-state index contributed by atoms with van der Waals surface area (Å²) in [7, 11) is 0. The zero-order chi connectivity index (χ0) is 9.90. The predicted octanol–water partition coefficient (Wildman–Crippen LogP) is -2.55. The molecule has 0 atom stereocenters. The summed E-state index contributed by atoms with van der Waals surface area (Å²) < 4.78 is 24.9. The molecular weight excluding hydrogens is 203 g/mol. The number of alkyl halides is 2. The molecular formula is C8H6F2NNaO2. The maximum absolute atomic E-state index is 12.5. The minimum Gasteiger partial charge on any atom is -0.542 e. The van der Waals surface area contributed by atoms with E-state index >= 15 is 0 Å². The Bertz CT molecular complexity index is 305. The molecule has 0 aliphatic carbocycles. The zero-order valence-corrected chi connectivity index (χ0v) is 9.46. The Morgan fingerprint density at radius 3 is 2.21 bits per heavy atom. The molecule has 70 valence electrons. The van der Waals surface area contributed by atoms with Gasteiger partial charge in [0.05, 0.1) is 0 Å². The summed E-state index contributed by atoms with van der Waals surface area (Å²) in [6.45, 7) is 0. The van der Waals surface area contributed by atoms with Crippen molar-refractivity contribution in [2.24, 2.45) is 0 Å². The summed E-state index contributed by atoms with van der Waals surface area (Å²) in [5.41, 5.74) is 0.0247. The fraction of sp³-hybridized carbons (Fsp3) is 0.125. The molecule has 1 aromatic rings. The van der Waals surface area contributed by atoms with Crippen LogP contribution in [-0.2, 0) is 4.79 Å². The Kier molecular flexibility index (Phi) is 5.04. The number of hydrogen-bond donors (Lipinski definition) is 1. The second-order valence-electron chi connectivity index (χ2n) is 2.35. The molecule has 3 nitrogen and oxygen atoms in total. The van der Waals surface area contributed by atoms with Gasteiger partial charge in [0.2, 0.25) is 0 Å². The number of hydrogen-bond acceptors (Lipinski definition) is 3. The molecule has 0 radical (unpaired) electrons. The Balaban J connectivity index is 0.00000169. The number of nitrogens with one attached hydrogen (secondary N) is 1. The summed E-state index contributed by atoms with van der Waals surface area (Å²) in [5, 5.41) is 11.4. The van der Waals surface area contributed by atoms with Crippen LogP contribution in [0.5, 0.6) is 0 Å². The number of aliphatic carboxylic acids is 1. The molecule has 1 aromatic carbocycles. The molecule has 6 heteroatoms. The van der Waals surface area contributed by atoms with E-state index in [1.807, 2.05) is 0 Å². The first-order valence-electron chi connectivity index (χ1n) is 3.45. The largest absolute Gasteiger partial charge is 1.00 e. The number of carbonyl (C=O) groups is 1. The van der Waals surface area contributed by atoms with Gasteiger partial charge in [-0.05, 0) is 12.1 Å². The molecule has 0 fully saturated rings. The van der Waals surface area contributed by atoms with Gasteiger partial charge in [0.25, 0.3) is 0 Å². The molecule has 1 N–H and O–H groups in total. The van der Waals surface area contributed by atoms with Crippen LogP contribution in [-0.4, -0.2) is 12.0 Å². The number of halogens is 2. The standard InChI is InChI=1S/C8H7F2NO2.Na/c9-8(10,7(12)13)11-6-4-2-1-3-5-6;/h1-5,11H,(H,12,13);/q;+1/p-1. The Morgan fingerprint density at radius 1 is 1.29 bits per heavy atom. The molecule has 0 spiro atoms. The van der Waals surface area contributed by atoms with Crippen molar-refractivity contribution < 1.29 is 48.2 Å². The average Bonchev–Trinajstić information content (AvgIpc) is 2.05. The van der Waals surface area contributed by atoms with Gasteiger partial charge in [0.1, 0.15) is 5.97 Å². The van der Waals surface area contributed by atoms with Crippen LogP contribution in [0.4, 0.5) is 14.5 Å². The minimum atomic E-state index is -4.04. The number of carboxylic acid groups (broad SMARTS) is 1. The molecule has 0 heterocycles. The van der Waals surface area contributed by atoms with E-state index in [-0.39, 0.29) is 35.2 Å². The Hall–Kier alpha value is -0.650. The molecule has 0 amide bonds. The number of anilines is 1. The summed E-state index contributed by atoms with van der Waals surface area (Å²) in [5.74, 6) is -2.45. The van der Waals surface area contributed by atoms with Crippen LogP contribution in [0.3, 0.4) is 0 Å². The van der Waals surface area contributed by atoms with Crippen LogP contribution in [0.15, 0.2) is 30.3 Å². The van der Waals surface area contributed by atoms with Gasteiger partial charge in [-0.25, -0.2) is 0 Å². The topological polar surface area (TPSA) is 52.2 Å². The van der Waals surface area contributed by atoms with E-state index < -0.39 is 12.0 Å². The summed E-state index contributed by atoms with van der Waals surface area (Å²) in [4.78, 5) is 9.90. The van der Waals surface area contributed by atoms with E-state index in [1.54, 1.807) is 6.07 Å². The van der Waals surface area contributed by atoms with Crippen LogP contribution >= 0.6 is 0 Å². The first kappa shape index (κ1) is 13.4. The van der Waals surface area contributed by atoms with Gasteiger partial charge in [0.15, 0.2) is 0 Å². The van der Waals surface area contributed by atoms with Crippen molar-refractivity contribution in [1.82, 2.24) is 0 Å². The smallest absolute Gasteiger partial charge is 0.542 e. The van der Waals surface area contributed by atoms with E-state index in [2.05, 4.69) is 0 Å². The van der Waals surface area contributed by atoms with E-state index in [9.17, 15) is 18.7 Å². The maximum Gasteiger partial charge on any atom is 1.00 e. The van der Waals surface area contributed by atoms with Crippen LogP contribution in [0.1, 0.15) is 0 Å². The first-order chi connectivity index (χ1) is 6.02. The number of para-hydroxylation sites is 1. The van der Waals surface area contributed by atoms with Crippen molar-refractivity contribution in [2.75, 3.05) is 5.32 Å². The number of carboxylic acids is 1. The van der Waals surface area contributed by atoms with Gasteiger partial charge in [-0.2, -0.15) is 8.78 Å². The third kappa shape index (κ3) is 3.61. The molecule has 0 unspecified atom stereocenters. The number of carbonyl (C=O) groups excluding carboxylic acids is 1. The van der Waals surface area contributed by atoms with Crippen LogP contribution in [0.25, 0.3) is 0 Å². The summed E-state index contributed by atoms with van der Waals surface area (Å²) >= 11 is 0. The molecule has 0 aromatic heterocycles. The molecule has 0 aliphatic rings. The summed E-state index contributed by atoms with van der Waals surface area (Å²) in [6.07, 6.45) is 0. The Labute approximate surface area is 101 Å². The predicted molar refractivity (Wildman–Crippen MR) is 40.0 cm³/mol. The molecule has 0 aliphatic heterocycles. The molecule has 1 rings (SSSR count). The van der Waals surface area contributed by atoms with Gasteiger partial charge in [-0.3, -0.25) is 0 Å². The minimum absolute atomic E-state index is 0. The number of rotatable bonds is 3. The molecule has 0 saturated heterocycles. The van der Waals surface area contributed by atoms with E-state index in [0.29, 0.717) is 0 Å². The van der Waals surface area contributed by atoms with Crippen molar-refractivity contribution in [3.8, 4) is 0 Å². The Morgan fingerprint density at radius 2 is 1.79 bits per heavy atom. The average molecular weight is 209 g/mol. The van der Waals surface area contributed by atoms with Crippen molar-refractivity contribution in [3.05, 3.63) is 30.3 Å². The monoisotopic (exact) mass is 209 g/mol. The van der Waals surface area contributed by atoms with Crippen LogP contribution in [0.2, 0.25) is 0 Å². The zero-order valence-electron chi connectivity index (χ0n) is 7.46. The van der Waals surface area contributed by atoms with E-state index in [4.69, 9.17) is 0 Å². The third-order valence-corrected chi connectivity index (χ3v) is 1.33. The van der Waals surface area contributed by atoms with Crippen LogP contribution < -0.4 is 40.0 Å². The second kappa shape index (κ2) is 5.29. The van der Waals surface area contributed by atoms with Crippen molar-refractivity contribution in [3.63, 3.8) is 0 Å². The van der Waals surface area contributed by atoms with Crippen LogP contribution in [0, 0.1) is 0 Å². The normalized spacial score (nSPS) is 10.1. The third-order valence-electron chi connectivity index (χ3n) is 1.33. The molecule has 0 bridgehead atoms. The molecule has 14 heavy (non-hydrogen) atoms. The maximum atomic E-state index is 12.5. The SMILES string of the molecule is O=C([O-])C(F)(F)Nc1ccccc1.[Na+]. The van der Waals surface area contributed by atoms with Gasteiger partial charge in [-0.15, -0.1) is 0 Å². The van der Waals surface area contributed by atoms with Gasteiger partial charge in [-0.1, -0.05) is 18.2 Å². The van der Waals surface area contributed by atoms with Gasteiger partial charge >= 0.3 is 35.6 Å². The summed E-state index contributed by atoms with van der Waals surface area (Å²) in [6, 6.07) is 3.26. The first-order valence-corrected chi connectivity index (χ1v) is 3.45. The fourth-order valence-corrected chi connectivity index (χ4v) is 0.754. The van der Waals surface area contributed by atoms with E-state index in [0.717, 1.165) is 0 Å². The van der Waals surface area contributed by atoms with Crippen molar-refractivity contribution >= 4 is 11.7 Å². The number of benzene rings is 1. The van der Waals surface area contributed by atoms with Crippen molar-refractivity contribution in [1.29, 1.82) is 0 Å². The molecule has 0 saturated carbocycles. The quantitative estimate of drug-likeness (QED) is 0.440. The van der Waals surface area contributed by atoms with E-state index in [1.165, 1.54) is 29.6 Å². The fourth-order valence-electron chi connectivity index (χ4n) is 0.754. The van der Waals surface area contributed by atoms with Gasteiger partial charge < -0.3 is 15.2 Å². The second-order valence-corrected chi connectivity index (χ2v) is 2.35. The van der Waals surface area contributed by atoms with Gasteiger partial charge in [0, 0.05) is 5.69 Å².